The molecule has 1 aliphatic heterocycles. The molecule has 0 spiro atoms. The summed E-state index contributed by atoms with van der Waals surface area (Å²) < 4.78 is 26.8. The van der Waals surface area contributed by atoms with E-state index in [1.165, 1.54) is 0 Å². The Morgan fingerprint density at radius 3 is 1.89 bits per heavy atom. The molecule has 1 fully saturated rings. The van der Waals surface area contributed by atoms with Crippen molar-refractivity contribution in [2.75, 3.05) is 39.6 Å². The highest BCUT2D eigenvalue weighted by Gasteiger charge is 2.34. The first-order valence-corrected chi connectivity index (χ1v) is 15.6. The third-order valence-electron chi connectivity index (χ3n) is 7.37. The highest BCUT2D eigenvalue weighted by molar-refractivity contribution is 5.70. The van der Waals surface area contributed by atoms with Crippen LogP contribution in [0, 0.1) is 26.2 Å². The van der Waals surface area contributed by atoms with Crippen molar-refractivity contribution in [2.45, 2.75) is 93.3 Å². The Labute approximate surface area is 262 Å². The van der Waals surface area contributed by atoms with Gasteiger partial charge >= 0.3 is 11.9 Å². The monoisotopic (exact) mass is 616 g/mol. The summed E-state index contributed by atoms with van der Waals surface area (Å²) in [5, 5.41) is 19.7. The largest absolute Gasteiger partial charge is 0.507 e. The van der Waals surface area contributed by atoms with Crippen molar-refractivity contribution < 1.29 is 43.5 Å². The second-order valence-corrected chi connectivity index (χ2v) is 11.8. The molecule has 0 bridgehead atoms. The van der Waals surface area contributed by atoms with Crippen LogP contribution in [0.15, 0.2) is 24.3 Å². The van der Waals surface area contributed by atoms with Gasteiger partial charge in [-0.1, -0.05) is 45.0 Å². The van der Waals surface area contributed by atoms with Crippen molar-refractivity contribution in [3.63, 3.8) is 0 Å². The lowest BCUT2D eigenvalue weighted by Gasteiger charge is -2.35. The van der Waals surface area contributed by atoms with Crippen molar-refractivity contribution in [1.29, 1.82) is 0 Å². The average Bonchev–Trinajstić information content (AvgIpc) is 3.01. The minimum Gasteiger partial charge on any atom is -0.507 e. The Kier molecular flexibility index (Phi) is 15.7. The number of esters is 2. The summed E-state index contributed by atoms with van der Waals surface area (Å²) in [6, 6.07) is 7.68. The summed E-state index contributed by atoms with van der Waals surface area (Å²) in [4.78, 5) is 23.6. The molecule has 0 atom stereocenters. The molecule has 2 aromatic rings. The van der Waals surface area contributed by atoms with E-state index in [0.717, 1.165) is 46.2 Å². The van der Waals surface area contributed by atoms with Crippen LogP contribution < -0.4 is 0 Å². The van der Waals surface area contributed by atoms with Gasteiger partial charge in [-0.05, 0) is 86.8 Å². The molecule has 9 nitrogen and oxygen atoms in total. The molecule has 1 saturated heterocycles. The van der Waals surface area contributed by atoms with Crippen molar-refractivity contribution in [3.05, 3.63) is 57.6 Å². The second kappa shape index (κ2) is 18.6. The van der Waals surface area contributed by atoms with Gasteiger partial charge in [0.25, 0.3) is 0 Å². The molecule has 0 amide bonds. The van der Waals surface area contributed by atoms with Crippen LogP contribution in [0.4, 0.5) is 0 Å². The predicted octanol–water partition coefficient (Wildman–Crippen LogP) is 6.05. The van der Waals surface area contributed by atoms with Crippen LogP contribution in [-0.4, -0.2) is 68.1 Å². The molecule has 0 aliphatic carbocycles. The smallest absolute Gasteiger partial charge is 0.306 e. The third-order valence-corrected chi connectivity index (χ3v) is 7.37. The van der Waals surface area contributed by atoms with Crippen LogP contribution in [0.5, 0.6) is 11.5 Å². The average molecular weight is 617 g/mol. The van der Waals surface area contributed by atoms with E-state index in [9.17, 15) is 19.8 Å². The van der Waals surface area contributed by atoms with Gasteiger partial charge < -0.3 is 33.9 Å². The van der Waals surface area contributed by atoms with E-state index < -0.39 is 0 Å². The number of rotatable bonds is 14. The quantitative estimate of drug-likeness (QED) is 0.193. The van der Waals surface area contributed by atoms with E-state index in [1.54, 1.807) is 0 Å². The van der Waals surface area contributed by atoms with Gasteiger partial charge in [-0.15, -0.1) is 0 Å². The van der Waals surface area contributed by atoms with E-state index in [0.29, 0.717) is 70.2 Å². The van der Waals surface area contributed by atoms with Crippen LogP contribution in [0.2, 0.25) is 0 Å². The van der Waals surface area contributed by atoms with E-state index in [1.807, 2.05) is 72.7 Å². The molecule has 0 radical (unpaired) electrons. The van der Waals surface area contributed by atoms with Crippen molar-refractivity contribution in [2.24, 2.45) is 5.41 Å². The maximum atomic E-state index is 12.0. The van der Waals surface area contributed by atoms with E-state index in [-0.39, 0.29) is 30.3 Å². The first kappa shape index (κ1) is 37.0. The summed E-state index contributed by atoms with van der Waals surface area (Å²) in [7, 11) is 0. The number of phenols is 2. The predicted molar refractivity (Wildman–Crippen MR) is 169 cm³/mol. The lowest BCUT2D eigenvalue weighted by molar-refractivity contribution is -0.237. The van der Waals surface area contributed by atoms with Gasteiger partial charge in [-0.2, -0.15) is 0 Å². The molecule has 3 rings (SSSR count). The fourth-order valence-corrected chi connectivity index (χ4v) is 4.81. The number of carbonyl (C=O) groups excluding carboxylic acids is 2. The lowest BCUT2D eigenvalue weighted by atomic mass is 9.93. The Morgan fingerprint density at radius 1 is 0.818 bits per heavy atom. The summed E-state index contributed by atoms with van der Waals surface area (Å²) in [5.74, 6) is 0.224. The minimum atomic E-state index is -0.373. The van der Waals surface area contributed by atoms with Gasteiger partial charge in [0.1, 0.15) is 24.7 Å². The Morgan fingerprint density at radius 2 is 1.34 bits per heavy atom. The number of aryl methyl sites for hydroxylation is 6. The number of carbonyl (C=O) groups is 2. The van der Waals surface area contributed by atoms with Gasteiger partial charge in [0, 0.05) is 24.9 Å². The molecule has 9 heteroatoms. The summed E-state index contributed by atoms with van der Waals surface area (Å²) in [6.45, 7) is 16.5. The van der Waals surface area contributed by atoms with Gasteiger partial charge in [-0.25, -0.2) is 0 Å². The van der Waals surface area contributed by atoms with Crippen LogP contribution in [0.1, 0.15) is 80.3 Å². The second-order valence-electron chi connectivity index (χ2n) is 11.8. The summed E-state index contributed by atoms with van der Waals surface area (Å²) in [6.07, 6.45) is 3.23. The van der Waals surface area contributed by atoms with Gasteiger partial charge in [-0.3, -0.25) is 9.59 Å². The molecule has 1 aliphatic rings. The van der Waals surface area contributed by atoms with Crippen molar-refractivity contribution >= 4 is 11.9 Å². The molecule has 1 heterocycles. The van der Waals surface area contributed by atoms with Crippen LogP contribution >= 0.6 is 0 Å². The molecule has 0 aromatic heterocycles. The third kappa shape index (κ3) is 12.5. The first-order chi connectivity index (χ1) is 20.9. The van der Waals surface area contributed by atoms with Gasteiger partial charge in [0.05, 0.1) is 19.8 Å². The molecular weight excluding hydrogens is 564 g/mol. The molecule has 246 valence electrons. The molecule has 2 N–H and O–H groups in total. The fraction of sp³-hybridized carbons (Fsp3) is 0.600. The topological polar surface area (TPSA) is 121 Å². The number of benzene rings is 2. The zero-order valence-electron chi connectivity index (χ0n) is 27.6. The maximum Gasteiger partial charge on any atom is 0.306 e. The Balaban J connectivity index is 0.000000312. The van der Waals surface area contributed by atoms with E-state index in [4.69, 9.17) is 23.7 Å². The fourth-order valence-electron chi connectivity index (χ4n) is 4.81. The standard InChI is InChI=1S/C19H28O5.C16H24O4/c1-13-10-15(11-14(2)17(13)21)6-7-16(20)24-12-19(3,4)18-22-8-5-9-23-18;1-4-14-11-13(10-12(3)16(14)18)6-7-15(17)20-9-8-19-5-2/h10-11,18,21H,5-9,12H2,1-4H3;10-11,18H,4-9H2,1-3H3. The Bertz CT molecular complexity index is 1180. The van der Waals surface area contributed by atoms with Crippen molar-refractivity contribution in [1.82, 2.24) is 0 Å². The molecule has 2 aromatic carbocycles. The maximum absolute atomic E-state index is 12.0. The molecule has 44 heavy (non-hydrogen) atoms. The minimum absolute atomic E-state index is 0.214. The van der Waals surface area contributed by atoms with Crippen molar-refractivity contribution in [3.8, 4) is 11.5 Å². The highest BCUT2D eigenvalue weighted by Crippen LogP contribution is 2.28. The summed E-state index contributed by atoms with van der Waals surface area (Å²) in [5.41, 5.74) is 5.13. The van der Waals surface area contributed by atoms with E-state index >= 15 is 0 Å². The zero-order chi connectivity index (χ0) is 32.7. The Hall–Kier alpha value is -3.14. The van der Waals surface area contributed by atoms with Crippen LogP contribution in [0.25, 0.3) is 0 Å². The zero-order valence-corrected chi connectivity index (χ0v) is 27.6. The first-order valence-electron chi connectivity index (χ1n) is 15.6. The lowest BCUT2D eigenvalue weighted by Crippen LogP contribution is -2.41. The number of hydrogen-bond acceptors (Lipinski definition) is 9. The number of hydrogen-bond donors (Lipinski definition) is 2. The molecular formula is C35H52O9. The SMILES string of the molecule is CCOCCOC(=O)CCc1cc(C)c(O)c(CC)c1.Cc1cc(CCC(=O)OCC(C)(C)C2OCCCO2)cc(C)c1O. The number of aromatic hydroxyl groups is 2. The molecule has 0 saturated carbocycles. The number of ether oxygens (including phenoxy) is 5. The normalized spacial score (nSPS) is 13.6. The van der Waals surface area contributed by atoms with Crippen LogP contribution in [-0.2, 0) is 52.5 Å². The molecule has 0 unspecified atom stereocenters. The van der Waals surface area contributed by atoms with E-state index in [2.05, 4.69) is 0 Å². The van der Waals surface area contributed by atoms with Crippen LogP contribution in [0.3, 0.4) is 0 Å². The van der Waals surface area contributed by atoms with Gasteiger partial charge in [0.15, 0.2) is 6.29 Å². The van der Waals surface area contributed by atoms with Gasteiger partial charge in [0.2, 0.25) is 0 Å². The number of phenolic OH excluding ortho intramolecular Hbond substituents is 2. The highest BCUT2D eigenvalue weighted by atomic mass is 16.7. The summed E-state index contributed by atoms with van der Waals surface area (Å²) >= 11 is 0.